The lowest BCUT2D eigenvalue weighted by Gasteiger charge is -2.36. The Hall–Kier alpha value is -0.700. The molecule has 1 N–H and O–H groups in total. The number of hydrogen-bond donors (Lipinski definition) is 1. The van der Waals surface area contributed by atoms with Crippen LogP contribution in [-0.2, 0) is 6.54 Å². The number of halogens is 1. The minimum atomic E-state index is 0. The fourth-order valence-electron chi connectivity index (χ4n) is 3.44. The van der Waals surface area contributed by atoms with Gasteiger partial charge in [-0.1, -0.05) is 19.9 Å². The lowest BCUT2D eigenvalue weighted by atomic mass is 10.1. The number of nitrogens with one attached hydrogen (secondary N) is 1. The van der Waals surface area contributed by atoms with Crippen molar-refractivity contribution in [1.82, 2.24) is 15.2 Å². The van der Waals surface area contributed by atoms with Gasteiger partial charge >= 0.3 is 0 Å². The predicted molar refractivity (Wildman–Crippen MR) is 124 cm³/mol. The molecule has 7 heteroatoms. The van der Waals surface area contributed by atoms with Gasteiger partial charge in [-0.15, -0.1) is 24.0 Å². The van der Waals surface area contributed by atoms with E-state index in [-0.39, 0.29) is 24.0 Å². The first-order valence-corrected chi connectivity index (χ1v) is 10.5. The van der Waals surface area contributed by atoms with Crippen LogP contribution in [0.5, 0.6) is 0 Å². The van der Waals surface area contributed by atoms with Gasteiger partial charge in [-0.2, -0.15) is 11.8 Å². The summed E-state index contributed by atoms with van der Waals surface area (Å²) in [6, 6.07) is 4.33. The van der Waals surface area contributed by atoms with Gasteiger partial charge in [0.05, 0.1) is 0 Å². The Labute approximate surface area is 179 Å². The third-order valence-electron chi connectivity index (χ3n) is 5.04. The Morgan fingerprint density at radius 3 is 2.69 bits per heavy atom. The van der Waals surface area contributed by atoms with E-state index in [1.807, 2.05) is 13.2 Å². The van der Waals surface area contributed by atoms with Gasteiger partial charge in [0.1, 0.15) is 5.82 Å². The average molecular weight is 489 g/mol. The maximum atomic E-state index is 4.64. The number of hydrogen-bond acceptors (Lipinski definition) is 4. The molecule has 2 saturated heterocycles. The van der Waals surface area contributed by atoms with Crippen LogP contribution < -0.4 is 10.2 Å². The van der Waals surface area contributed by atoms with E-state index in [0.717, 1.165) is 44.5 Å². The summed E-state index contributed by atoms with van der Waals surface area (Å²) in [5.74, 6) is 4.00. The second kappa shape index (κ2) is 10.6. The molecule has 146 valence electrons. The Morgan fingerprint density at radius 2 is 2.08 bits per heavy atom. The van der Waals surface area contributed by atoms with Gasteiger partial charge in [-0.25, -0.2) is 4.98 Å². The summed E-state index contributed by atoms with van der Waals surface area (Å²) in [6.07, 6.45) is 4.57. The maximum absolute atomic E-state index is 4.64. The molecule has 3 rings (SSSR count). The van der Waals surface area contributed by atoms with E-state index in [1.54, 1.807) is 0 Å². The lowest BCUT2D eigenvalue weighted by Crippen LogP contribution is -2.48. The second-order valence-electron chi connectivity index (χ2n) is 7.22. The van der Waals surface area contributed by atoms with Crippen molar-refractivity contribution in [2.75, 3.05) is 43.9 Å². The fourth-order valence-corrected chi connectivity index (χ4v) is 4.74. The van der Waals surface area contributed by atoms with Crippen LogP contribution in [0.4, 0.5) is 5.82 Å². The number of anilines is 1. The number of rotatable bonds is 4. The van der Waals surface area contributed by atoms with E-state index in [9.17, 15) is 0 Å². The van der Waals surface area contributed by atoms with E-state index in [4.69, 9.17) is 0 Å². The van der Waals surface area contributed by atoms with Gasteiger partial charge in [-0.05, 0) is 30.4 Å². The maximum Gasteiger partial charge on any atom is 0.193 e. The first-order valence-electron chi connectivity index (χ1n) is 9.44. The van der Waals surface area contributed by atoms with Gasteiger partial charge in [0.15, 0.2) is 5.96 Å². The molecule has 3 heterocycles. The molecule has 2 fully saturated rings. The number of aliphatic imine (C=N–C) groups is 1. The number of pyridine rings is 1. The van der Waals surface area contributed by atoms with E-state index in [0.29, 0.717) is 11.2 Å². The minimum absolute atomic E-state index is 0. The van der Waals surface area contributed by atoms with Crippen LogP contribution in [0, 0.1) is 5.92 Å². The Morgan fingerprint density at radius 1 is 1.31 bits per heavy atom. The van der Waals surface area contributed by atoms with Gasteiger partial charge in [-0.3, -0.25) is 4.99 Å². The first-order chi connectivity index (χ1) is 12.2. The molecule has 2 aliphatic heterocycles. The van der Waals surface area contributed by atoms with Crippen molar-refractivity contribution in [3.05, 3.63) is 23.9 Å². The SMILES string of the molecule is CN=C(NCc1ccc(N2CCCC2)nc1)N1CCSC(C(C)C)C1.I. The summed E-state index contributed by atoms with van der Waals surface area (Å²) in [5.41, 5.74) is 1.20. The van der Waals surface area contributed by atoms with E-state index in [2.05, 4.69) is 62.8 Å². The largest absolute Gasteiger partial charge is 0.357 e. The van der Waals surface area contributed by atoms with Crippen LogP contribution >= 0.6 is 35.7 Å². The van der Waals surface area contributed by atoms with E-state index < -0.39 is 0 Å². The van der Waals surface area contributed by atoms with E-state index in [1.165, 1.54) is 24.2 Å². The molecule has 0 aliphatic carbocycles. The zero-order chi connectivity index (χ0) is 17.6. The highest BCUT2D eigenvalue weighted by atomic mass is 127. The summed E-state index contributed by atoms with van der Waals surface area (Å²) in [5, 5.41) is 4.21. The van der Waals surface area contributed by atoms with Crippen molar-refractivity contribution in [1.29, 1.82) is 0 Å². The number of aromatic nitrogens is 1. The zero-order valence-corrected chi connectivity index (χ0v) is 19.3. The van der Waals surface area contributed by atoms with Crippen molar-refractivity contribution in [3.8, 4) is 0 Å². The van der Waals surface area contributed by atoms with Crippen LogP contribution in [0.1, 0.15) is 32.3 Å². The molecule has 1 atom stereocenters. The minimum Gasteiger partial charge on any atom is -0.357 e. The summed E-state index contributed by atoms with van der Waals surface area (Å²) in [4.78, 5) is 13.9. The smallest absolute Gasteiger partial charge is 0.193 e. The monoisotopic (exact) mass is 489 g/mol. The third-order valence-corrected chi connectivity index (χ3v) is 6.58. The van der Waals surface area contributed by atoms with Gasteiger partial charge in [0.2, 0.25) is 0 Å². The number of thioether (sulfide) groups is 1. The average Bonchev–Trinajstić information content (AvgIpc) is 3.18. The highest BCUT2D eigenvalue weighted by molar-refractivity contribution is 14.0. The molecule has 0 saturated carbocycles. The van der Waals surface area contributed by atoms with Crippen LogP contribution in [-0.4, -0.2) is 60.1 Å². The van der Waals surface area contributed by atoms with Crippen molar-refractivity contribution in [3.63, 3.8) is 0 Å². The number of guanidine groups is 1. The Kier molecular flexibility index (Phi) is 8.79. The van der Waals surface area contributed by atoms with Crippen molar-refractivity contribution in [2.24, 2.45) is 10.9 Å². The highest BCUT2D eigenvalue weighted by Crippen LogP contribution is 2.25. The quantitative estimate of drug-likeness (QED) is 0.399. The van der Waals surface area contributed by atoms with Gasteiger partial charge in [0.25, 0.3) is 0 Å². The molecule has 1 aromatic heterocycles. The van der Waals surface area contributed by atoms with E-state index >= 15 is 0 Å². The summed E-state index contributed by atoms with van der Waals surface area (Å²) >= 11 is 2.09. The standard InChI is InChI=1S/C19H31N5S.HI/c1-15(2)17-14-24(10-11-25-17)19(20-3)22-13-16-6-7-18(21-12-16)23-8-4-5-9-23;/h6-7,12,15,17H,4-5,8-11,13-14H2,1-3H3,(H,20,22);1H. The molecule has 1 aromatic rings. The third kappa shape index (κ3) is 5.65. The molecule has 5 nitrogen and oxygen atoms in total. The van der Waals surface area contributed by atoms with Crippen LogP contribution in [0.15, 0.2) is 23.3 Å². The first kappa shape index (κ1) is 21.6. The van der Waals surface area contributed by atoms with Crippen molar-refractivity contribution >= 4 is 47.5 Å². The van der Waals surface area contributed by atoms with Gasteiger partial charge in [0, 0.05) is 57.0 Å². The topological polar surface area (TPSA) is 43.8 Å². The molecular formula is C19H32IN5S. The van der Waals surface area contributed by atoms with Gasteiger partial charge < -0.3 is 15.1 Å². The normalized spacial score (nSPS) is 21.1. The Bertz CT molecular complexity index is 572. The summed E-state index contributed by atoms with van der Waals surface area (Å²) in [7, 11) is 1.88. The molecule has 0 radical (unpaired) electrons. The molecule has 0 aromatic carbocycles. The van der Waals surface area contributed by atoms with Crippen LogP contribution in [0.3, 0.4) is 0 Å². The molecular weight excluding hydrogens is 457 g/mol. The zero-order valence-electron chi connectivity index (χ0n) is 16.1. The van der Waals surface area contributed by atoms with Crippen molar-refractivity contribution in [2.45, 2.75) is 38.5 Å². The predicted octanol–water partition coefficient (Wildman–Crippen LogP) is 3.45. The molecule has 1 unspecified atom stereocenters. The molecule has 2 aliphatic rings. The molecule has 0 amide bonds. The molecule has 0 spiro atoms. The Balaban J connectivity index is 0.00000243. The number of nitrogens with zero attached hydrogens (tertiary/aromatic N) is 4. The molecule has 26 heavy (non-hydrogen) atoms. The van der Waals surface area contributed by atoms with Crippen LogP contribution in [0.2, 0.25) is 0 Å². The highest BCUT2D eigenvalue weighted by Gasteiger charge is 2.24. The summed E-state index contributed by atoms with van der Waals surface area (Å²) < 4.78 is 0. The van der Waals surface area contributed by atoms with Crippen molar-refractivity contribution < 1.29 is 0 Å². The second-order valence-corrected chi connectivity index (χ2v) is 8.57. The fraction of sp³-hybridized carbons (Fsp3) is 0.684. The molecule has 0 bridgehead atoms. The van der Waals surface area contributed by atoms with Crippen LogP contribution in [0.25, 0.3) is 0 Å². The lowest BCUT2D eigenvalue weighted by molar-refractivity contribution is 0.380. The summed E-state index contributed by atoms with van der Waals surface area (Å²) in [6.45, 7) is 9.82.